The van der Waals surface area contributed by atoms with Crippen molar-refractivity contribution >= 4 is 0 Å². The van der Waals surface area contributed by atoms with Crippen molar-refractivity contribution in [1.82, 2.24) is 9.80 Å². The molecule has 0 aliphatic carbocycles. The fourth-order valence-electron chi connectivity index (χ4n) is 2.03. The van der Waals surface area contributed by atoms with Gasteiger partial charge in [-0.05, 0) is 12.8 Å². The van der Waals surface area contributed by atoms with Crippen LogP contribution in [0.1, 0.15) is 45.4 Å². The maximum Gasteiger partial charge on any atom is 0.379 e. The lowest BCUT2D eigenvalue weighted by molar-refractivity contribution is 0.00819. The van der Waals surface area contributed by atoms with Crippen molar-refractivity contribution in [3.63, 3.8) is 0 Å². The molecule has 0 fully saturated rings. The Hall–Kier alpha value is -0.870. The lowest BCUT2D eigenvalue weighted by atomic mass is 10.1. The molecule has 0 saturated heterocycles. The van der Waals surface area contributed by atoms with Crippen LogP contribution in [0.15, 0.2) is 12.4 Å². The molecular formula is C13H25F3N2. The van der Waals surface area contributed by atoms with Gasteiger partial charge in [-0.1, -0.05) is 32.6 Å². The van der Waals surface area contributed by atoms with Gasteiger partial charge in [0.15, 0.2) is 0 Å². The van der Waals surface area contributed by atoms with E-state index in [0.29, 0.717) is 6.17 Å². The summed E-state index contributed by atoms with van der Waals surface area (Å²) in [6.45, 7) is -1.40. The molecule has 0 aromatic heterocycles. The second kappa shape index (κ2) is 10.1. The molecule has 1 rings (SSSR count). The van der Waals surface area contributed by atoms with E-state index in [1.165, 1.54) is 38.5 Å². The Morgan fingerprint density at radius 3 is 1.83 bits per heavy atom. The highest BCUT2D eigenvalue weighted by atomic mass is 19.4. The fourth-order valence-corrected chi connectivity index (χ4v) is 2.03. The smallest absolute Gasteiger partial charge is 0.359 e. The molecule has 0 aromatic rings. The Bertz CT molecular complexity index is 208. The van der Waals surface area contributed by atoms with Gasteiger partial charge in [-0.3, -0.25) is 0 Å². The van der Waals surface area contributed by atoms with E-state index in [1.54, 1.807) is 0 Å². The topological polar surface area (TPSA) is 6.48 Å². The van der Waals surface area contributed by atoms with Crippen LogP contribution in [0.25, 0.3) is 0 Å². The van der Waals surface area contributed by atoms with Gasteiger partial charge in [0.1, 0.15) is 6.17 Å². The van der Waals surface area contributed by atoms with Crippen LogP contribution in [-0.2, 0) is 0 Å². The molecule has 2 nitrogen and oxygen atoms in total. The molecule has 1 heterocycles. The Morgan fingerprint density at radius 1 is 0.944 bits per heavy atom. The minimum absolute atomic E-state index is 0.608. The summed E-state index contributed by atoms with van der Waals surface area (Å²) in [7, 11) is 4.33. The van der Waals surface area contributed by atoms with Crippen LogP contribution in [-0.4, -0.2) is 36.7 Å². The summed E-state index contributed by atoms with van der Waals surface area (Å²) in [6, 6.07) is 0. The molecule has 18 heavy (non-hydrogen) atoms. The SMILES string of the molecule is CCCCCCCC1N(C)C=CN1C.FC(F)F. The Morgan fingerprint density at radius 2 is 1.39 bits per heavy atom. The number of alkyl halides is 3. The van der Waals surface area contributed by atoms with Crippen LogP contribution in [0.3, 0.4) is 0 Å². The second-order valence-electron chi connectivity index (χ2n) is 4.56. The molecule has 0 saturated carbocycles. The van der Waals surface area contributed by atoms with Crippen molar-refractivity contribution in [3.8, 4) is 0 Å². The van der Waals surface area contributed by atoms with Crippen molar-refractivity contribution < 1.29 is 13.2 Å². The normalized spacial score (nSPS) is 15.3. The third kappa shape index (κ3) is 8.25. The highest BCUT2D eigenvalue weighted by Crippen LogP contribution is 2.18. The summed E-state index contributed by atoms with van der Waals surface area (Å²) in [4.78, 5) is 4.61. The standard InChI is InChI=1S/C12H24N2.CHF3/c1-4-5-6-7-8-9-12-13(2)10-11-14(12)3;2-1(3)4/h10-12H,4-9H2,1-3H3;1H. The van der Waals surface area contributed by atoms with E-state index in [0.717, 1.165) is 0 Å². The number of halogens is 3. The predicted octanol–water partition coefficient (Wildman–Crippen LogP) is 4.20. The maximum atomic E-state index is 9.67. The number of hydrogen-bond donors (Lipinski definition) is 0. The average Bonchev–Trinajstić information content (AvgIpc) is 2.59. The monoisotopic (exact) mass is 266 g/mol. The van der Waals surface area contributed by atoms with Gasteiger partial charge in [0, 0.05) is 26.5 Å². The molecule has 0 bridgehead atoms. The first-order valence-corrected chi connectivity index (χ1v) is 6.53. The van der Waals surface area contributed by atoms with E-state index in [-0.39, 0.29) is 0 Å². The van der Waals surface area contributed by atoms with E-state index in [2.05, 4.69) is 43.2 Å². The molecule has 0 atom stereocenters. The molecule has 0 spiro atoms. The zero-order valence-corrected chi connectivity index (χ0v) is 11.6. The van der Waals surface area contributed by atoms with Crippen LogP contribution in [0.5, 0.6) is 0 Å². The molecule has 5 heteroatoms. The minimum atomic E-state index is -3.67. The highest BCUT2D eigenvalue weighted by molar-refractivity contribution is 4.93. The van der Waals surface area contributed by atoms with E-state index < -0.39 is 6.68 Å². The van der Waals surface area contributed by atoms with Crippen molar-refractivity contribution in [1.29, 1.82) is 0 Å². The van der Waals surface area contributed by atoms with Gasteiger partial charge in [-0.25, -0.2) is 0 Å². The second-order valence-corrected chi connectivity index (χ2v) is 4.56. The Balaban J connectivity index is 0.000000631. The lowest BCUT2D eigenvalue weighted by Gasteiger charge is -2.27. The zero-order chi connectivity index (χ0) is 14.0. The quantitative estimate of drug-likeness (QED) is 0.665. The van der Waals surface area contributed by atoms with Crippen molar-refractivity contribution in [2.45, 2.75) is 58.3 Å². The van der Waals surface area contributed by atoms with E-state index >= 15 is 0 Å². The minimum Gasteiger partial charge on any atom is -0.359 e. The van der Waals surface area contributed by atoms with Crippen LogP contribution in [0, 0.1) is 0 Å². The van der Waals surface area contributed by atoms with Gasteiger partial charge in [0.2, 0.25) is 0 Å². The van der Waals surface area contributed by atoms with E-state index in [1.807, 2.05) is 0 Å². The third-order valence-electron chi connectivity index (χ3n) is 3.04. The first-order valence-electron chi connectivity index (χ1n) is 6.53. The molecular weight excluding hydrogens is 241 g/mol. The Kier molecular flexibility index (Phi) is 9.60. The van der Waals surface area contributed by atoms with Gasteiger partial charge in [0.25, 0.3) is 0 Å². The van der Waals surface area contributed by atoms with Crippen LogP contribution in [0.2, 0.25) is 0 Å². The predicted molar refractivity (Wildman–Crippen MR) is 68.9 cm³/mol. The van der Waals surface area contributed by atoms with Gasteiger partial charge in [0.05, 0.1) is 0 Å². The first-order chi connectivity index (χ1) is 8.49. The molecule has 0 N–H and O–H groups in total. The summed E-state index contributed by atoms with van der Waals surface area (Å²) in [5, 5.41) is 0. The van der Waals surface area contributed by atoms with Crippen LogP contribution >= 0.6 is 0 Å². The first kappa shape index (κ1) is 17.1. The molecule has 0 aromatic carbocycles. The van der Waals surface area contributed by atoms with Gasteiger partial charge < -0.3 is 9.80 Å². The zero-order valence-electron chi connectivity index (χ0n) is 11.6. The van der Waals surface area contributed by atoms with Crippen LogP contribution in [0.4, 0.5) is 13.2 Å². The fraction of sp³-hybridized carbons (Fsp3) is 0.846. The van der Waals surface area contributed by atoms with Crippen molar-refractivity contribution in [2.75, 3.05) is 14.1 Å². The van der Waals surface area contributed by atoms with E-state index in [4.69, 9.17) is 0 Å². The van der Waals surface area contributed by atoms with Crippen molar-refractivity contribution in [3.05, 3.63) is 12.4 Å². The summed E-state index contributed by atoms with van der Waals surface area (Å²) >= 11 is 0. The van der Waals surface area contributed by atoms with Gasteiger partial charge in [-0.15, -0.1) is 0 Å². The van der Waals surface area contributed by atoms with Gasteiger partial charge in [-0.2, -0.15) is 13.2 Å². The van der Waals surface area contributed by atoms with Crippen LogP contribution < -0.4 is 0 Å². The van der Waals surface area contributed by atoms with E-state index in [9.17, 15) is 13.2 Å². The maximum absolute atomic E-state index is 9.67. The summed E-state index contributed by atoms with van der Waals surface area (Å²) in [6.07, 6.45) is 13.1. The number of unbranched alkanes of at least 4 members (excludes halogenated alkanes) is 4. The third-order valence-corrected chi connectivity index (χ3v) is 3.04. The molecule has 108 valence electrons. The number of nitrogens with zero attached hydrogens (tertiary/aromatic N) is 2. The van der Waals surface area contributed by atoms with Gasteiger partial charge >= 0.3 is 6.68 Å². The molecule has 1 aliphatic heterocycles. The molecule has 0 radical (unpaired) electrons. The lowest BCUT2D eigenvalue weighted by Crippen LogP contribution is -2.33. The molecule has 0 unspecified atom stereocenters. The highest BCUT2D eigenvalue weighted by Gasteiger charge is 2.18. The summed E-state index contributed by atoms with van der Waals surface area (Å²) in [5.41, 5.74) is 0. The average molecular weight is 266 g/mol. The summed E-state index contributed by atoms with van der Waals surface area (Å²) < 4.78 is 29.0. The number of hydrogen-bond acceptors (Lipinski definition) is 2. The summed E-state index contributed by atoms with van der Waals surface area (Å²) in [5.74, 6) is 0. The molecule has 0 amide bonds. The largest absolute Gasteiger partial charge is 0.379 e. The number of rotatable bonds is 6. The Labute approximate surface area is 108 Å². The molecule has 1 aliphatic rings. The van der Waals surface area contributed by atoms with Crippen molar-refractivity contribution in [2.24, 2.45) is 0 Å².